The van der Waals surface area contributed by atoms with E-state index in [1.54, 1.807) is 12.5 Å². The molecule has 0 amide bonds. The third-order valence-electron chi connectivity index (χ3n) is 5.76. The molecule has 5 rings (SSSR count). The summed E-state index contributed by atoms with van der Waals surface area (Å²) in [5.74, 6) is 1.20. The Bertz CT molecular complexity index is 1090. The Morgan fingerprint density at radius 1 is 1.03 bits per heavy atom. The van der Waals surface area contributed by atoms with Gasteiger partial charge in [0.05, 0.1) is 31.6 Å². The van der Waals surface area contributed by atoms with Crippen LogP contribution in [0, 0.1) is 0 Å². The summed E-state index contributed by atoms with van der Waals surface area (Å²) in [6.45, 7) is 0.996. The number of thiocarbonyl (C=S) groups is 1. The fourth-order valence-electron chi connectivity index (χ4n) is 4.08. The number of fused-ring (bicyclic) bond motifs is 1. The third-order valence-corrected chi connectivity index (χ3v) is 5.98. The maximum absolute atomic E-state index is 6.05. The zero-order valence-corrected chi connectivity index (χ0v) is 19.2. The molecule has 1 aromatic carbocycles. The summed E-state index contributed by atoms with van der Waals surface area (Å²) >= 11 is 5.52. The van der Waals surface area contributed by atoms with E-state index >= 15 is 0 Å². The van der Waals surface area contributed by atoms with Crippen molar-refractivity contribution >= 4 is 34.7 Å². The second kappa shape index (κ2) is 9.34. The van der Waals surface area contributed by atoms with Crippen LogP contribution in [0.3, 0.4) is 0 Å². The average molecular weight is 467 g/mol. The van der Waals surface area contributed by atoms with Crippen molar-refractivity contribution in [2.75, 3.05) is 42.8 Å². The Morgan fingerprint density at radius 2 is 1.79 bits per heavy atom. The Hall–Kier alpha value is -3.21. The van der Waals surface area contributed by atoms with Crippen LogP contribution in [-0.4, -0.2) is 66.7 Å². The van der Waals surface area contributed by atoms with Gasteiger partial charge in [0.2, 0.25) is 5.95 Å². The van der Waals surface area contributed by atoms with E-state index in [-0.39, 0.29) is 24.3 Å². The predicted octanol–water partition coefficient (Wildman–Crippen LogP) is 2.74. The number of benzene rings is 1. The van der Waals surface area contributed by atoms with Crippen molar-refractivity contribution in [3.63, 3.8) is 0 Å². The number of hydrogen-bond acceptors (Lipinski definition) is 8. The molecule has 0 saturated carbocycles. The number of nitrogens with zero attached hydrogens (tertiary/aromatic N) is 3. The van der Waals surface area contributed by atoms with E-state index in [1.807, 2.05) is 56.6 Å². The lowest BCUT2D eigenvalue weighted by Gasteiger charge is -2.20. The first-order valence-electron chi connectivity index (χ1n) is 10.8. The van der Waals surface area contributed by atoms with Crippen molar-refractivity contribution in [1.82, 2.24) is 15.3 Å². The first-order valence-corrected chi connectivity index (χ1v) is 11.2. The molecule has 172 valence electrons. The molecule has 0 bridgehead atoms. The molecule has 33 heavy (non-hydrogen) atoms. The van der Waals surface area contributed by atoms with Crippen molar-refractivity contribution in [1.29, 1.82) is 0 Å². The van der Waals surface area contributed by atoms with Crippen LogP contribution in [0.1, 0.15) is 0 Å². The van der Waals surface area contributed by atoms with Crippen molar-refractivity contribution in [2.45, 2.75) is 24.3 Å². The zero-order chi connectivity index (χ0) is 22.8. The summed E-state index contributed by atoms with van der Waals surface area (Å²) in [4.78, 5) is 10.9. The number of rotatable bonds is 6. The van der Waals surface area contributed by atoms with Crippen LogP contribution < -0.4 is 20.9 Å². The van der Waals surface area contributed by atoms with Crippen molar-refractivity contribution in [3.8, 4) is 11.5 Å². The Morgan fingerprint density at radius 3 is 2.52 bits per heavy atom. The molecule has 2 aliphatic heterocycles. The average Bonchev–Trinajstić information content (AvgIpc) is 3.55. The normalized spacial score (nSPS) is 23.7. The van der Waals surface area contributed by atoms with Crippen LogP contribution >= 0.6 is 12.2 Å². The lowest BCUT2D eigenvalue weighted by atomic mass is 10.1. The van der Waals surface area contributed by atoms with Crippen molar-refractivity contribution in [3.05, 3.63) is 54.9 Å². The SMILES string of the molecule is CN(C)c1ccc(NC(=S)N[C@@H]2CO[C@@H]3[C@@H]2OC[C@@H]3Nc2nccc(-c3ccco3)n2)cc1. The quantitative estimate of drug-likeness (QED) is 0.471. The molecule has 2 aromatic heterocycles. The van der Waals surface area contributed by atoms with E-state index in [1.165, 1.54) is 0 Å². The molecule has 4 atom stereocenters. The molecule has 4 heterocycles. The van der Waals surface area contributed by atoms with Crippen LogP contribution in [0.4, 0.5) is 17.3 Å². The van der Waals surface area contributed by atoms with E-state index in [4.69, 9.17) is 26.1 Å². The van der Waals surface area contributed by atoms with Crippen molar-refractivity contribution < 1.29 is 13.9 Å². The van der Waals surface area contributed by atoms with Crippen LogP contribution in [0.15, 0.2) is 59.3 Å². The molecule has 10 heteroatoms. The highest BCUT2D eigenvalue weighted by Gasteiger charge is 2.48. The molecule has 0 spiro atoms. The minimum Gasteiger partial charge on any atom is -0.463 e. The van der Waals surface area contributed by atoms with E-state index in [2.05, 4.69) is 30.8 Å². The van der Waals surface area contributed by atoms with Crippen LogP contribution in [0.25, 0.3) is 11.5 Å². The number of hydrogen-bond donors (Lipinski definition) is 3. The first kappa shape index (κ1) is 21.6. The molecule has 3 aromatic rings. The second-order valence-corrected chi connectivity index (χ2v) is 8.64. The van der Waals surface area contributed by atoms with Gasteiger partial charge in [-0.2, -0.15) is 0 Å². The molecule has 0 radical (unpaired) electrons. The number of furan rings is 1. The molecule has 0 unspecified atom stereocenters. The van der Waals surface area contributed by atoms with E-state index in [9.17, 15) is 0 Å². The zero-order valence-electron chi connectivity index (χ0n) is 18.4. The molecular formula is C23H26N6O3S. The molecule has 2 fully saturated rings. The van der Waals surface area contributed by atoms with Gasteiger partial charge in [0, 0.05) is 31.7 Å². The van der Waals surface area contributed by atoms with Crippen LogP contribution in [0.5, 0.6) is 0 Å². The van der Waals surface area contributed by atoms with E-state index < -0.39 is 0 Å². The molecule has 2 aliphatic rings. The van der Waals surface area contributed by atoms with Crippen molar-refractivity contribution in [2.24, 2.45) is 0 Å². The van der Waals surface area contributed by atoms with Gasteiger partial charge in [-0.15, -0.1) is 0 Å². The fraction of sp³-hybridized carbons (Fsp3) is 0.348. The third kappa shape index (κ3) is 4.77. The summed E-state index contributed by atoms with van der Waals surface area (Å²) in [5, 5.41) is 10.5. The van der Waals surface area contributed by atoms with Crippen LogP contribution in [-0.2, 0) is 9.47 Å². The van der Waals surface area contributed by atoms with Gasteiger partial charge in [-0.3, -0.25) is 0 Å². The maximum Gasteiger partial charge on any atom is 0.223 e. The first-order chi connectivity index (χ1) is 16.1. The molecular weight excluding hydrogens is 440 g/mol. The van der Waals surface area contributed by atoms with Gasteiger partial charge in [-0.25, -0.2) is 9.97 Å². The smallest absolute Gasteiger partial charge is 0.223 e. The monoisotopic (exact) mass is 466 g/mol. The minimum absolute atomic E-state index is 0.0433. The van der Waals surface area contributed by atoms with Gasteiger partial charge in [-0.1, -0.05) is 0 Å². The van der Waals surface area contributed by atoms with Gasteiger partial charge >= 0.3 is 0 Å². The summed E-state index contributed by atoms with van der Waals surface area (Å²) < 4.78 is 17.5. The summed E-state index contributed by atoms with van der Waals surface area (Å²) in [7, 11) is 4.02. The fourth-order valence-corrected chi connectivity index (χ4v) is 4.35. The minimum atomic E-state index is -0.124. The van der Waals surface area contributed by atoms with Gasteiger partial charge in [-0.05, 0) is 54.7 Å². The molecule has 3 N–H and O–H groups in total. The summed E-state index contributed by atoms with van der Waals surface area (Å²) in [6.07, 6.45) is 3.08. The number of anilines is 3. The highest BCUT2D eigenvalue weighted by Crippen LogP contribution is 2.29. The van der Waals surface area contributed by atoms with E-state index in [0.29, 0.717) is 30.0 Å². The van der Waals surface area contributed by atoms with Crippen LogP contribution in [0.2, 0.25) is 0 Å². The molecule has 2 saturated heterocycles. The Kier molecular flexibility index (Phi) is 6.12. The standard InChI is InChI=1S/C23H26N6O3S/c1-29(2)15-7-5-14(6-8-15)25-23(33)28-18-13-32-20-17(12-31-21(18)20)27-22-24-10-9-16(26-22)19-4-3-11-30-19/h3-11,17-18,20-21H,12-13H2,1-2H3,(H,24,26,27)(H2,25,28,33)/t17-,18+,20-,21+/m0/s1. The van der Waals surface area contributed by atoms with Gasteiger partial charge < -0.3 is 34.7 Å². The Labute approximate surface area is 197 Å². The topological polar surface area (TPSA) is 96.7 Å². The predicted molar refractivity (Wildman–Crippen MR) is 131 cm³/mol. The number of aromatic nitrogens is 2. The highest BCUT2D eigenvalue weighted by molar-refractivity contribution is 7.80. The maximum atomic E-state index is 6.05. The largest absolute Gasteiger partial charge is 0.463 e. The van der Waals surface area contributed by atoms with E-state index in [0.717, 1.165) is 17.1 Å². The molecule has 9 nitrogen and oxygen atoms in total. The lowest BCUT2D eigenvalue weighted by Crippen LogP contribution is -2.46. The summed E-state index contributed by atoms with van der Waals surface area (Å²) in [6, 6.07) is 13.5. The van der Waals surface area contributed by atoms with Gasteiger partial charge in [0.15, 0.2) is 10.9 Å². The second-order valence-electron chi connectivity index (χ2n) is 8.24. The number of nitrogens with one attached hydrogen (secondary N) is 3. The number of ether oxygens (including phenoxy) is 2. The molecule has 0 aliphatic carbocycles. The summed E-state index contributed by atoms with van der Waals surface area (Å²) in [5.41, 5.74) is 2.77. The van der Waals surface area contributed by atoms with Gasteiger partial charge in [0.1, 0.15) is 17.9 Å². The Balaban J connectivity index is 1.17. The van der Waals surface area contributed by atoms with Gasteiger partial charge in [0.25, 0.3) is 0 Å². The highest BCUT2D eigenvalue weighted by atomic mass is 32.1. The lowest BCUT2D eigenvalue weighted by molar-refractivity contribution is 0.0689.